The first kappa shape index (κ1) is 15.6. The third-order valence-electron chi connectivity index (χ3n) is 3.78. The lowest BCUT2D eigenvalue weighted by atomic mass is 10.2. The Hall–Kier alpha value is -2.33. The highest BCUT2D eigenvalue weighted by atomic mass is 35.5. The van der Waals surface area contributed by atoms with E-state index in [9.17, 15) is 4.79 Å². The molecule has 0 radical (unpaired) electrons. The average molecular weight is 328 g/mol. The Labute approximate surface area is 140 Å². The van der Waals surface area contributed by atoms with E-state index < -0.39 is 0 Å². The van der Waals surface area contributed by atoms with E-state index in [-0.39, 0.29) is 5.91 Å². The van der Waals surface area contributed by atoms with Crippen LogP contribution in [0.15, 0.2) is 48.7 Å². The molecule has 0 aliphatic rings. The molecule has 0 saturated carbocycles. The van der Waals surface area contributed by atoms with Gasteiger partial charge >= 0.3 is 0 Å². The predicted molar refractivity (Wildman–Crippen MR) is 92.4 cm³/mol. The van der Waals surface area contributed by atoms with Crippen molar-refractivity contribution in [3.8, 4) is 0 Å². The molecule has 0 atom stereocenters. The summed E-state index contributed by atoms with van der Waals surface area (Å²) in [6, 6.07) is 13.7. The summed E-state index contributed by atoms with van der Waals surface area (Å²) in [5.41, 5.74) is 3.16. The van der Waals surface area contributed by atoms with E-state index in [1.807, 2.05) is 48.1 Å². The standard InChI is InChI=1S/C18H18ClN3O/c1-13-6-7-15-12-21-22(17(15)10-13)9-8-18(23)20-11-14-4-2-3-5-16(14)19/h2-7,10,12H,8-9,11H2,1H3,(H,20,23). The molecule has 23 heavy (non-hydrogen) atoms. The smallest absolute Gasteiger partial charge is 0.222 e. The number of carbonyl (C=O) groups is 1. The van der Waals surface area contributed by atoms with Gasteiger partial charge in [0.2, 0.25) is 5.91 Å². The number of nitrogens with zero attached hydrogens (tertiary/aromatic N) is 2. The summed E-state index contributed by atoms with van der Waals surface area (Å²) in [4.78, 5) is 12.0. The van der Waals surface area contributed by atoms with Crippen molar-refractivity contribution >= 4 is 28.4 Å². The van der Waals surface area contributed by atoms with Gasteiger partial charge in [0.1, 0.15) is 0 Å². The fourth-order valence-corrected chi connectivity index (χ4v) is 2.69. The average Bonchev–Trinajstić information content (AvgIpc) is 2.94. The zero-order valence-electron chi connectivity index (χ0n) is 12.9. The Morgan fingerprint density at radius 3 is 2.91 bits per heavy atom. The van der Waals surface area contributed by atoms with Crippen LogP contribution in [0.1, 0.15) is 17.5 Å². The summed E-state index contributed by atoms with van der Waals surface area (Å²) in [7, 11) is 0. The number of hydrogen-bond donors (Lipinski definition) is 1. The fraction of sp³-hybridized carbons (Fsp3) is 0.222. The van der Waals surface area contributed by atoms with Gasteiger partial charge in [-0.1, -0.05) is 41.9 Å². The zero-order chi connectivity index (χ0) is 16.2. The predicted octanol–water partition coefficient (Wildman–Crippen LogP) is 3.70. The molecule has 0 saturated heterocycles. The second-order valence-electron chi connectivity index (χ2n) is 5.55. The summed E-state index contributed by atoms with van der Waals surface area (Å²) < 4.78 is 1.87. The number of amides is 1. The molecule has 0 aliphatic carbocycles. The van der Waals surface area contributed by atoms with Crippen LogP contribution in [0.4, 0.5) is 0 Å². The van der Waals surface area contributed by atoms with Crippen LogP contribution < -0.4 is 5.32 Å². The molecule has 0 spiro atoms. The molecule has 1 aromatic heterocycles. The summed E-state index contributed by atoms with van der Waals surface area (Å²) in [5.74, 6) is -0.0128. The van der Waals surface area contributed by atoms with Crippen molar-refractivity contribution in [3.05, 3.63) is 64.8 Å². The molecule has 1 N–H and O–H groups in total. The molecule has 0 bridgehead atoms. The first-order chi connectivity index (χ1) is 11.1. The van der Waals surface area contributed by atoms with Crippen LogP contribution in [0.25, 0.3) is 10.9 Å². The summed E-state index contributed by atoms with van der Waals surface area (Å²) in [5, 5.41) is 9.01. The number of fused-ring (bicyclic) bond motifs is 1. The van der Waals surface area contributed by atoms with Crippen molar-refractivity contribution in [1.82, 2.24) is 15.1 Å². The highest BCUT2D eigenvalue weighted by Gasteiger charge is 2.07. The summed E-state index contributed by atoms with van der Waals surface area (Å²) >= 11 is 6.08. The minimum atomic E-state index is -0.0128. The Morgan fingerprint density at radius 2 is 2.09 bits per heavy atom. The lowest BCUT2D eigenvalue weighted by Gasteiger charge is -2.08. The number of rotatable bonds is 5. The van der Waals surface area contributed by atoms with Gasteiger partial charge in [-0.2, -0.15) is 5.10 Å². The molecule has 1 heterocycles. The normalized spacial score (nSPS) is 10.9. The minimum absolute atomic E-state index is 0.0128. The number of carbonyl (C=O) groups excluding carboxylic acids is 1. The van der Waals surface area contributed by atoms with Gasteiger partial charge in [-0.15, -0.1) is 0 Å². The Kier molecular flexibility index (Phi) is 4.63. The molecule has 0 fully saturated rings. The second kappa shape index (κ2) is 6.84. The van der Waals surface area contributed by atoms with Crippen LogP contribution in [0.2, 0.25) is 5.02 Å². The number of aryl methyl sites for hydroxylation is 2. The van der Waals surface area contributed by atoms with Crippen molar-refractivity contribution in [2.24, 2.45) is 0 Å². The van der Waals surface area contributed by atoms with Gasteiger partial charge in [0.25, 0.3) is 0 Å². The van der Waals surface area contributed by atoms with Crippen LogP contribution in [0.3, 0.4) is 0 Å². The molecule has 3 aromatic rings. The van der Waals surface area contributed by atoms with Crippen LogP contribution in [0.5, 0.6) is 0 Å². The monoisotopic (exact) mass is 327 g/mol. The minimum Gasteiger partial charge on any atom is -0.352 e. The van der Waals surface area contributed by atoms with Crippen molar-refractivity contribution < 1.29 is 4.79 Å². The lowest BCUT2D eigenvalue weighted by molar-refractivity contribution is -0.121. The van der Waals surface area contributed by atoms with Crippen molar-refractivity contribution in [2.45, 2.75) is 26.4 Å². The quantitative estimate of drug-likeness (QED) is 0.776. The molecule has 0 aliphatic heterocycles. The van der Waals surface area contributed by atoms with Crippen LogP contribution >= 0.6 is 11.6 Å². The van der Waals surface area contributed by atoms with Gasteiger partial charge in [-0.3, -0.25) is 9.48 Å². The maximum atomic E-state index is 12.0. The topological polar surface area (TPSA) is 46.9 Å². The van der Waals surface area contributed by atoms with Gasteiger partial charge in [-0.25, -0.2) is 0 Å². The third-order valence-corrected chi connectivity index (χ3v) is 4.15. The van der Waals surface area contributed by atoms with Crippen LogP contribution in [-0.2, 0) is 17.9 Å². The maximum absolute atomic E-state index is 12.0. The molecular formula is C18H18ClN3O. The summed E-state index contributed by atoms with van der Waals surface area (Å²) in [6.45, 7) is 3.05. The second-order valence-corrected chi connectivity index (χ2v) is 5.96. The van der Waals surface area contributed by atoms with Gasteiger partial charge in [0, 0.05) is 23.4 Å². The largest absolute Gasteiger partial charge is 0.352 e. The van der Waals surface area contributed by atoms with Gasteiger partial charge < -0.3 is 5.32 Å². The molecule has 118 valence electrons. The molecule has 0 unspecified atom stereocenters. The highest BCUT2D eigenvalue weighted by Crippen LogP contribution is 2.16. The van der Waals surface area contributed by atoms with Crippen molar-refractivity contribution in [1.29, 1.82) is 0 Å². The SMILES string of the molecule is Cc1ccc2cnn(CCC(=O)NCc3ccccc3Cl)c2c1. The first-order valence-electron chi connectivity index (χ1n) is 7.56. The molecule has 2 aromatic carbocycles. The Bertz CT molecular complexity index is 841. The van der Waals surface area contributed by atoms with Crippen molar-refractivity contribution in [3.63, 3.8) is 0 Å². The van der Waals surface area contributed by atoms with Crippen molar-refractivity contribution in [2.75, 3.05) is 0 Å². The molecule has 5 heteroatoms. The molecule has 4 nitrogen and oxygen atoms in total. The van der Waals surface area contributed by atoms with E-state index in [4.69, 9.17) is 11.6 Å². The highest BCUT2D eigenvalue weighted by molar-refractivity contribution is 6.31. The number of aromatic nitrogens is 2. The van der Waals surface area contributed by atoms with Gasteiger partial charge in [-0.05, 0) is 30.2 Å². The molecular weight excluding hydrogens is 310 g/mol. The van der Waals surface area contributed by atoms with Crippen LogP contribution in [-0.4, -0.2) is 15.7 Å². The van der Waals surface area contributed by atoms with E-state index >= 15 is 0 Å². The number of nitrogens with one attached hydrogen (secondary N) is 1. The number of halogens is 1. The van der Waals surface area contributed by atoms with Gasteiger partial charge in [0.05, 0.1) is 18.3 Å². The van der Waals surface area contributed by atoms with Gasteiger partial charge in [0.15, 0.2) is 0 Å². The lowest BCUT2D eigenvalue weighted by Crippen LogP contribution is -2.24. The zero-order valence-corrected chi connectivity index (χ0v) is 13.7. The third kappa shape index (κ3) is 3.71. The Morgan fingerprint density at radius 1 is 1.26 bits per heavy atom. The van der Waals surface area contributed by atoms with E-state index in [1.165, 1.54) is 5.56 Å². The van der Waals surface area contributed by atoms with E-state index in [1.54, 1.807) is 0 Å². The maximum Gasteiger partial charge on any atom is 0.222 e. The Balaban J connectivity index is 1.58. The molecule has 3 rings (SSSR count). The van der Waals surface area contributed by atoms with Crippen LogP contribution in [0, 0.1) is 6.92 Å². The fourth-order valence-electron chi connectivity index (χ4n) is 2.49. The van der Waals surface area contributed by atoms with E-state index in [0.717, 1.165) is 16.5 Å². The number of hydrogen-bond acceptors (Lipinski definition) is 2. The first-order valence-corrected chi connectivity index (χ1v) is 7.93. The van der Waals surface area contributed by atoms with E-state index in [2.05, 4.69) is 22.5 Å². The molecule has 1 amide bonds. The number of benzene rings is 2. The van der Waals surface area contributed by atoms with E-state index in [0.29, 0.717) is 24.5 Å². The summed E-state index contributed by atoms with van der Waals surface area (Å²) in [6.07, 6.45) is 2.21.